The Morgan fingerprint density at radius 3 is 2.65 bits per heavy atom. The molecule has 1 heterocycles. The van der Waals surface area contributed by atoms with E-state index in [0.29, 0.717) is 41.0 Å². The first-order chi connectivity index (χ1) is 16.4. The number of aliphatic hydroxyl groups is 2. The van der Waals surface area contributed by atoms with Gasteiger partial charge in [0.1, 0.15) is 18.5 Å². The van der Waals surface area contributed by atoms with Crippen LogP contribution in [0.2, 0.25) is 0 Å². The first kappa shape index (κ1) is 25.7. The van der Waals surface area contributed by atoms with E-state index in [2.05, 4.69) is 12.2 Å². The molecule has 1 aromatic rings. The van der Waals surface area contributed by atoms with Crippen LogP contribution in [-0.2, 0) is 9.59 Å². The zero-order valence-electron chi connectivity index (χ0n) is 20.0. The number of aldehydes is 1. The lowest BCUT2D eigenvalue weighted by atomic mass is 9.77. The second-order valence-electron chi connectivity index (χ2n) is 8.68. The van der Waals surface area contributed by atoms with Gasteiger partial charge in [0.05, 0.1) is 25.7 Å². The highest BCUT2D eigenvalue weighted by Crippen LogP contribution is 2.51. The Labute approximate surface area is 199 Å². The second kappa shape index (κ2) is 11.5. The number of hydrogen-bond donors (Lipinski definition) is 3. The first-order valence-electron chi connectivity index (χ1n) is 11.8. The quantitative estimate of drug-likeness (QED) is 0.328. The third-order valence-corrected chi connectivity index (χ3v) is 6.43. The van der Waals surface area contributed by atoms with Crippen molar-refractivity contribution in [3.63, 3.8) is 0 Å². The Hall–Kier alpha value is -2.91. The highest BCUT2D eigenvalue weighted by Gasteiger charge is 2.51. The number of unbranched alkanes of at least 4 members (excludes halogenated alkanes) is 3. The van der Waals surface area contributed by atoms with Gasteiger partial charge in [0.15, 0.2) is 11.5 Å². The third-order valence-electron chi connectivity index (χ3n) is 6.43. The molecular formula is C25H34N2O7. The van der Waals surface area contributed by atoms with Gasteiger partial charge in [-0.2, -0.15) is 0 Å². The summed E-state index contributed by atoms with van der Waals surface area (Å²) >= 11 is 0. The SMILES string of the molecule is CCCCCCN(C(C)=O)[C@@H]1C=C(C(=O)NCCO)[C@@H]2c3cc(C=O)cc(OC)c3O[C@@H]2[C@H]1O. The van der Waals surface area contributed by atoms with Crippen molar-refractivity contribution < 1.29 is 34.1 Å². The number of nitrogens with zero attached hydrogens (tertiary/aromatic N) is 1. The molecule has 0 radical (unpaired) electrons. The number of nitrogens with one attached hydrogen (secondary N) is 1. The van der Waals surface area contributed by atoms with Gasteiger partial charge in [-0.15, -0.1) is 0 Å². The largest absolute Gasteiger partial charge is 0.493 e. The summed E-state index contributed by atoms with van der Waals surface area (Å²) in [6.07, 6.45) is 4.19. The lowest BCUT2D eigenvalue weighted by molar-refractivity contribution is -0.135. The number of hydrogen-bond acceptors (Lipinski definition) is 7. The number of ether oxygens (including phenoxy) is 2. The Morgan fingerprint density at radius 2 is 2.03 bits per heavy atom. The van der Waals surface area contributed by atoms with Crippen molar-refractivity contribution in [2.75, 3.05) is 26.8 Å². The molecule has 3 rings (SSSR count). The van der Waals surface area contributed by atoms with Crippen LogP contribution < -0.4 is 14.8 Å². The van der Waals surface area contributed by atoms with E-state index in [-0.39, 0.29) is 19.1 Å². The molecule has 2 amide bonds. The minimum absolute atomic E-state index is 0.0552. The third kappa shape index (κ3) is 5.10. The number of amides is 2. The van der Waals surface area contributed by atoms with Crippen LogP contribution in [0.25, 0.3) is 0 Å². The predicted molar refractivity (Wildman–Crippen MR) is 125 cm³/mol. The highest BCUT2D eigenvalue weighted by molar-refractivity contribution is 5.96. The fourth-order valence-corrected chi connectivity index (χ4v) is 4.78. The van der Waals surface area contributed by atoms with E-state index in [9.17, 15) is 24.6 Å². The zero-order chi connectivity index (χ0) is 24.8. The molecule has 1 aliphatic carbocycles. The molecule has 1 aromatic carbocycles. The lowest BCUT2D eigenvalue weighted by Crippen LogP contribution is -2.55. The summed E-state index contributed by atoms with van der Waals surface area (Å²) in [6, 6.07) is 2.40. The Kier molecular flexibility index (Phi) is 8.68. The van der Waals surface area contributed by atoms with E-state index in [1.807, 2.05) is 0 Å². The van der Waals surface area contributed by atoms with Crippen molar-refractivity contribution in [1.29, 1.82) is 0 Å². The van der Waals surface area contributed by atoms with Gasteiger partial charge in [0, 0.05) is 36.7 Å². The van der Waals surface area contributed by atoms with E-state index in [4.69, 9.17) is 9.47 Å². The maximum atomic E-state index is 13.1. The van der Waals surface area contributed by atoms with Crippen molar-refractivity contribution in [2.24, 2.45) is 0 Å². The molecule has 34 heavy (non-hydrogen) atoms. The molecule has 3 N–H and O–H groups in total. The summed E-state index contributed by atoms with van der Waals surface area (Å²) in [5.41, 5.74) is 1.23. The smallest absolute Gasteiger partial charge is 0.247 e. The fraction of sp³-hybridized carbons (Fsp3) is 0.560. The predicted octanol–water partition coefficient (Wildman–Crippen LogP) is 1.56. The van der Waals surface area contributed by atoms with Gasteiger partial charge >= 0.3 is 0 Å². The first-order valence-corrected chi connectivity index (χ1v) is 11.8. The summed E-state index contributed by atoms with van der Waals surface area (Å²) in [4.78, 5) is 38.8. The number of rotatable bonds is 11. The molecule has 0 unspecified atom stereocenters. The van der Waals surface area contributed by atoms with E-state index < -0.39 is 30.1 Å². The maximum Gasteiger partial charge on any atom is 0.247 e. The van der Waals surface area contributed by atoms with Crippen molar-refractivity contribution in [3.8, 4) is 11.5 Å². The number of carbonyl (C=O) groups is 3. The molecule has 2 aliphatic rings. The van der Waals surface area contributed by atoms with Crippen molar-refractivity contribution in [1.82, 2.24) is 10.2 Å². The average molecular weight is 475 g/mol. The molecule has 9 heteroatoms. The average Bonchev–Trinajstić information content (AvgIpc) is 3.22. The normalized spacial score (nSPS) is 22.7. The molecule has 0 fully saturated rings. The maximum absolute atomic E-state index is 13.1. The summed E-state index contributed by atoms with van der Waals surface area (Å²) in [5, 5.41) is 23.2. The molecular weight excluding hydrogens is 440 g/mol. The van der Waals surface area contributed by atoms with E-state index in [1.165, 1.54) is 20.1 Å². The van der Waals surface area contributed by atoms with Crippen LogP contribution in [0.15, 0.2) is 23.8 Å². The van der Waals surface area contributed by atoms with Gasteiger partial charge in [-0.25, -0.2) is 0 Å². The summed E-state index contributed by atoms with van der Waals surface area (Å²) in [6.45, 7) is 3.82. The Morgan fingerprint density at radius 1 is 1.26 bits per heavy atom. The minimum atomic E-state index is -1.11. The monoisotopic (exact) mass is 474 g/mol. The summed E-state index contributed by atoms with van der Waals surface area (Å²) in [5.74, 6) is -0.608. The molecule has 0 spiro atoms. The topological polar surface area (TPSA) is 125 Å². The van der Waals surface area contributed by atoms with Gasteiger partial charge in [0.2, 0.25) is 11.8 Å². The number of methoxy groups -OCH3 is 1. The van der Waals surface area contributed by atoms with Gasteiger partial charge in [-0.05, 0) is 24.6 Å². The van der Waals surface area contributed by atoms with E-state index in [0.717, 1.165) is 25.7 Å². The molecule has 0 saturated carbocycles. The van der Waals surface area contributed by atoms with Crippen LogP contribution >= 0.6 is 0 Å². The molecule has 4 atom stereocenters. The summed E-state index contributed by atoms with van der Waals surface area (Å²) < 4.78 is 11.5. The highest BCUT2D eigenvalue weighted by atomic mass is 16.5. The van der Waals surface area contributed by atoms with Gasteiger partial charge in [-0.1, -0.05) is 26.2 Å². The number of benzene rings is 1. The fourth-order valence-electron chi connectivity index (χ4n) is 4.78. The van der Waals surface area contributed by atoms with E-state index in [1.54, 1.807) is 17.0 Å². The van der Waals surface area contributed by atoms with Gasteiger partial charge < -0.3 is 29.9 Å². The van der Waals surface area contributed by atoms with Crippen LogP contribution in [0.5, 0.6) is 11.5 Å². The number of carbonyl (C=O) groups excluding carboxylic acids is 3. The molecule has 0 bridgehead atoms. The molecule has 0 saturated heterocycles. The van der Waals surface area contributed by atoms with Crippen LogP contribution in [0, 0.1) is 0 Å². The van der Waals surface area contributed by atoms with Crippen molar-refractivity contribution in [2.45, 2.75) is 63.7 Å². The van der Waals surface area contributed by atoms with Crippen LogP contribution in [-0.4, -0.2) is 78.3 Å². The van der Waals surface area contributed by atoms with Gasteiger partial charge in [-0.3, -0.25) is 14.4 Å². The van der Waals surface area contributed by atoms with Crippen molar-refractivity contribution >= 4 is 18.1 Å². The Balaban J connectivity index is 2.05. The van der Waals surface area contributed by atoms with Crippen LogP contribution in [0.4, 0.5) is 0 Å². The van der Waals surface area contributed by atoms with Crippen LogP contribution in [0.3, 0.4) is 0 Å². The second-order valence-corrected chi connectivity index (χ2v) is 8.68. The minimum Gasteiger partial charge on any atom is -0.493 e. The van der Waals surface area contributed by atoms with E-state index >= 15 is 0 Å². The molecule has 1 aliphatic heterocycles. The Bertz CT molecular complexity index is 945. The standard InChI is InChI=1S/C25H34N2O7/c1-4-5-6-7-9-27(15(2)30)19-13-18(25(32)26-8-10-28)21-17-11-16(14-29)12-20(33-3)23(17)34-24(21)22(19)31/h11-14,19,21-22,24,28,31H,4-10H2,1-3H3,(H,26,32)/t19-,21+,22+,24+/m1/s1. The zero-order valence-corrected chi connectivity index (χ0v) is 20.0. The lowest BCUT2D eigenvalue weighted by Gasteiger charge is -2.40. The molecule has 186 valence electrons. The van der Waals surface area contributed by atoms with Crippen LogP contribution in [0.1, 0.15) is 61.4 Å². The number of fused-ring (bicyclic) bond motifs is 3. The number of aliphatic hydroxyl groups excluding tert-OH is 2. The summed E-state index contributed by atoms with van der Waals surface area (Å²) in [7, 11) is 1.45. The molecule has 9 nitrogen and oxygen atoms in total. The van der Waals surface area contributed by atoms with Gasteiger partial charge in [0.25, 0.3) is 0 Å². The van der Waals surface area contributed by atoms with Crippen molar-refractivity contribution in [3.05, 3.63) is 34.9 Å². The molecule has 0 aromatic heterocycles.